The zero-order valence-corrected chi connectivity index (χ0v) is 14.9. The Morgan fingerprint density at radius 2 is 1.81 bits per heavy atom. The molecular weight excluding hydrogens is 379 g/mol. The monoisotopic (exact) mass is 393 g/mol. The van der Waals surface area contributed by atoms with E-state index in [0.717, 1.165) is 11.8 Å². The quantitative estimate of drug-likeness (QED) is 0.515. The number of thioether (sulfide) groups is 1. The standard InChI is InChI=1S/C18H14F3N3O2S/c1-26-12-8-6-11(7-9-12)22-15(25)10-27-16-13-4-2-3-5-14(13)23-17(24-16)18(19,20)21/h2-9H,10H2,1H3,(H,22,25). The summed E-state index contributed by atoms with van der Waals surface area (Å²) in [4.78, 5) is 19.3. The molecule has 0 aliphatic heterocycles. The van der Waals surface area contributed by atoms with E-state index in [1.807, 2.05) is 0 Å². The van der Waals surface area contributed by atoms with Gasteiger partial charge in [0.1, 0.15) is 10.8 Å². The van der Waals surface area contributed by atoms with E-state index in [0.29, 0.717) is 16.8 Å². The number of rotatable bonds is 5. The van der Waals surface area contributed by atoms with Crippen LogP contribution in [-0.4, -0.2) is 28.7 Å². The van der Waals surface area contributed by atoms with Crippen LogP contribution in [0.25, 0.3) is 10.9 Å². The van der Waals surface area contributed by atoms with Gasteiger partial charge in [0.25, 0.3) is 0 Å². The van der Waals surface area contributed by atoms with Gasteiger partial charge in [-0.3, -0.25) is 4.79 Å². The van der Waals surface area contributed by atoms with E-state index in [9.17, 15) is 18.0 Å². The van der Waals surface area contributed by atoms with Crippen LogP contribution in [0.3, 0.4) is 0 Å². The number of hydrogen-bond donors (Lipinski definition) is 1. The number of amides is 1. The second-order valence-corrected chi connectivity index (χ2v) is 6.40. The molecule has 0 saturated heterocycles. The normalized spacial score (nSPS) is 11.4. The average Bonchev–Trinajstić information content (AvgIpc) is 2.65. The van der Waals surface area contributed by atoms with Gasteiger partial charge in [0.2, 0.25) is 11.7 Å². The number of hydrogen-bond acceptors (Lipinski definition) is 5. The van der Waals surface area contributed by atoms with Crippen molar-refractivity contribution in [1.82, 2.24) is 9.97 Å². The van der Waals surface area contributed by atoms with Crippen LogP contribution in [0.2, 0.25) is 0 Å². The fraction of sp³-hybridized carbons (Fsp3) is 0.167. The third kappa shape index (κ3) is 4.68. The Labute approximate surface area is 157 Å². The fourth-order valence-electron chi connectivity index (χ4n) is 2.29. The van der Waals surface area contributed by atoms with Gasteiger partial charge in [0.05, 0.1) is 18.4 Å². The van der Waals surface area contributed by atoms with Gasteiger partial charge in [-0.1, -0.05) is 30.0 Å². The van der Waals surface area contributed by atoms with Crippen molar-refractivity contribution in [3.05, 3.63) is 54.4 Å². The summed E-state index contributed by atoms with van der Waals surface area (Å²) in [5, 5.41) is 3.25. The van der Waals surface area contributed by atoms with Crippen LogP contribution in [0, 0.1) is 0 Å². The van der Waals surface area contributed by atoms with Gasteiger partial charge in [0, 0.05) is 11.1 Å². The van der Waals surface area contributed by atoms with Crippen LogP contribution in [0.4, 0.5) is 18.9 Å². The first-order valence-electron chi connectivity index (χ1n) is 7.77. The van der Waals surface area contributed by atoms with Crippen molar-refractivity contribution < 1.29 is 22.7 Å². The predicted octanol–water partition coefficient (Wildman–Crippen LogP) is 4.39. The van der Waals surface area contributed by atoms with Crippen molar-refractivity contribution in [3.8, 4) is 5.75 Å². The molecule has 0 spiro atoms. The predicted molar refractivity (Wildman–Crippen MR) is 96.9 cm³/mol. The maximum absolute atomic E-state index is 13.0. The van der Waals surface area contributed by atoms with Gasteiger partial charge in [0.15, 0.2) is 0 Å². The van der Waals surface area contributed by atoms with E-state index in [2.05, 4.69) is 15.3 Å². The van der Waals surface area contributed by atoms with Crippen LogP contribution in [0.15, 0.2) is 53.6 Å². The smallest absolute Gasteiger partial charge is 0.451 e. The lowest BCUT2D eigenvalue weighted by Crippen LogP contribution is -2.15. The summed E-state index contributed by atoms with van der Waals surface area (Å²) in [7, 11) is 1.53. The number of fused-ring (bicyclic) bond motifs is 1. The van der Waals surface area contributed by atoms with Crippen molar-refractivity contribution in [1.29, 1.82) is 0 Å². The summed E-state index contributed by atoms with van der Waals surface area (Å²) in [5.74, 6) is -1.03. The molecule has 0 radical (unpaired) electrons. The zero-order chi connectivity index (χ0) is 19.4. The molecule has 1 heterocycles. The molecular formula is C18H14F3N3O2S. The Balaban J connectivity index is 1.76. The van der Waals surface area contributed by atoms with Crippen molar-refractivity contribution in [2.45, 2.75) is 11.2 Å². The van der Waals surface area contributed by atoms with Crippen molar-refractivity contribution in [2.24, 2.45) is 0 Å². The number of anilines is 1. The molecule has 0 saturated carbocycles. The first-order chi connectivity index (χ1) is 12.9. The highest BCUT2D eigenvalue weighted by Crippen LogP contribution is 2.32. The summed E-state index contributed by atoms with van der Waals surface area (Å²) in [5.41, 5.74) is 0.739. The average molecular weight is 393 g/mol. The molecule has 2 aromatic carbocycles. The lowest BCUT2D eigenvalue weighted by molar-refractivity contribution is -0.145. The van der Waals surface area contributed by atoms with Gasteiger partial charge < -0.3 is 10.1 Å². The maximum Gasteiger partial charge on any atom is 0.451 e. The lowest BCUT2D eigenvalue weighted by atomic mass is 10.2. The third-order valence-electron chi connectivity index (χ3n) is 3.54. The largest absolute Gasteiger partial charge is 0.497 e. The summed E-state index contributed by atoms with van der Waals surface area (Å²) in [6.07, 6.45) is -4.66. The van der Waals surface area contributed by atoms with Gasteiger partial charge in [-0.15, -0.1) is 0 Å². The van der Waals surface area contributed by atoms with Gasteiger partial charge in [-0.25, -0.2) is 9.97 Å². The summed E-state index contributed by atoms with van der Waals surface area (Å²) < 4.78 is 44.1. The molecule has 3 aromatic rings. The highest BCUT2D eigenvalue weighted by atomic mass is 32.2. The SMILES string of the molecule is COc1ccc(NC(=O)CSc2nc(C(F)(F)F)nc3ccccc23)cc1. The van der Waals surface area contributed by atoms with Gasteiger partial charge >= 0.3 is 6.18 Å². The van der Waals surface area contributed by atoms with Crippen molar-refractivity contribution in [3.63, 3.8) is 0 Å². The highest BCUT2D eigenvalue weighted by Gasteiger charge is 2.35. The molecule has 9 heteroatoms. The van der Waals surface area contributed by atoms with Gasteiger partial charge in [-0.2, -0.15) is 13.2 Å². The van der Waals surface area contributed by atoms with Crippen LogP contribution >= 0.6 is 11.8 Å². The minimum Gasteiger partial charge on any atom is -0.497 e. The van der Waals surface area contributed by atoms with E-state index >= 15 is 0 Å². The zero-order valence-electron chi connectivity index (χ0n) is 14.1. The first kappa shape index (κ1) is 19.0. The number of benzene rings is 2. The van der Waals surface area contributed by atoms with Crippen LogP contribution in [0.5, 0.6) is 5.75 Å². The van der Waals surface area contributed by atoms with E-state index in [1.54, 1.807) is 42.5 Å². The molecule has 0 unspecified atom stereocenters. The number of carbonyl (C=O) groups is 1. The Morgan fingerprint density at radius 3 is 2.48 bits per heavy atom. The number of methoxy groups -OCH3 is 1. The minimum atomic E-state index is -4.66. The number of alkyl halides is 3. The van der Waals surface area contributed by atoms with Crippen LogP contribution < -0.4 is 10.1 Å². The van der Waals surface area contributed by atoms with Crippen LogP contribution in [0.1, 0.15) is 5.82 Å². The Bertz CT molecular complexity index is 962. The number of nitrogens with zero attached hydrogens (tertiary/aromatic N) is 2. The van der Waals surface area contributed by atoms with E-state index in [1.165, 1.54) is 13.2 Å². The Morgan fingerprint density at radius 1 is 1.11 bits per heavy atom. The van der Waals surface area contributed by atoms with Crippen molar-refractivity contribution in [2.75, 3.05) is 18.2 Å². The molecule has 140 valence electrons. The topological polar surface area (TPSA) is 64.1 Å². The van der Waals surface area contributed by atoms with Crippen molar-refractivity contribution >= 4 is 34.3 Å². The number of nitrogens with one attached hydrogen (secondary N) is 1. The molecule has 0 bridgehead atoms. The number of ether oxygens (including phenoxy) is 1. The molecule has 0 atom stereocenters. The molecule has 27 heavy (non-hydrogen) atoms. The molecule has 3 rings (SSSR count). The Kier molecular flexibility index (Phi) is 5.50. The lowest BCUT2D eigenvalue weighted by Gasteiger charge is -2.10. The molecule has 0 fully saturated rings. The first-order valence-corrected chi connectivity index (χ1v) is 8.76. The maximum atomic E-state index is 13.0. The van der Waals surface area contributed by atoms with Gasteiger partial charge in [-0.05, 0) is 30.3 Å². The molecule has 0 aliphatic carbocycles. The second-order valence-electron chi connectivity index (χ2n) is 5.43. The number of aromatic nitrogens is 2. The molecule has 1 N–H and O–H groups in total. The molecule has 0 aliphatic rings. The van der Waals surface area contributed by atoms with E-state index < -0.39 is 12.0 Å². The van der Waals surface area contributed by atoms with Crippen LogP contribution in [-0.2, 0) is 11.0 Å². The minimum absolute atomic E-state index is 0.0929. The second kappa shape index (κ2) is 7.83. The fourth-order valence-corrected chi connectivity index (χ4v) is 3.11. The molecule has 1 amide bonds. The van der Waals surface area contributed by atoms with E-state index in [4.69, 9.17) is 4.74 Å². The summed E-state index contributed by atoms with van der Waals surface area (Å²) >= 11 is 0.927. The van der Waals surface area contributed by atoms with E-state index in [-0.39, 0.29) is 22.2 Å². The molecule has 1 aromatic heterocycles. The third-order valence-corrected chi connectivity index (χ3v) is 4.53. The Hall–Kier alpha value is -2.81. The number of halogens is 3. The highest BCUT2D eigenvalue weighted by molar-refractivity contribution is 8.00. The number of carbonyl (C=O) groups excluding carboxylic acids is 1. The number of para-hydroxylation sites is 1. The summed E-state index contributed by atoms with van der Waals surface area (Å²) in [6.45, 7) is 0. The summed E-state index contributed by atoms with van der Waals surface area (Å²) in [6, 6.07) is 13.1. The molecule has 5 nitrogen and oxygen atoms in total.